The number of benzene rings is 13. The van der Waals surface area contributed by atoms with Gasteiger partial charge in [0.2, 0.25) is 0 Å². The van der Waals surface area contributed by atoms with E-state index in [9.17, 15) is 0 Å². The number of nitrogens with zero attached hydrogens (tertiary/aromatic N) is 5. The molecule has 0 bridgehead atoms. The number of hydrogen-bond acceptors (Lipinski definition) is 3. The molecule has 0 radical (unpaired) electrons. The quantitative estimate of drug-likeness (QED) is 0.0444. The average molecular weight is 1600 g/mol. The van der Waals surface area contributed by atoms with Gasteiger partial charge in [0.25, 0.3) is 6.33 Å². The van der Waals surface area contributed by atoms with E-state index in [0.717, 1.165) is 124 Å². The summed E-state index contributed by atoms with van der Waals surface area (Å²) in [6, 6.07) is 126. The monoisotopic (exact) mass is 1590 g/mol. The minimum Gasteiger partial charge on any atom is -0.510 e. The van der Waals surface area contributed by atoms with E-state index in [-0.39, 0.29) is 31.9 Å². The normalized spacial score (nSPS) is 14.5. The number of imidazole rings is 1. The van der Waals surface area contributed by atoms with Gasteiger partial charge in [-0.15, -0.1) is 29.7 Å². The third-order valence-electron chi connectivity index (χ3n) is 23.6. The Hall–Kier alpha value is -11.0. The molecule has 1 aliphatic carbocycles. The Labute approximate surface area is 644 Å². The average Bonchev–Trinajstić information content (AvgIpc) is 1.66. The number of pyridine rings is 1. The van der Waals surface area contributed by atoms with E-state index in [1.807, 2.05) is 6.07 Å². The first kappa shape index (κ1) is 67.9. The number of para-hydroxylation sites is 2. The van der Waals surface area contributed by atoms with Crippen LogP contribution in [0.4, 0.5) is 5.69 Å². The molecule has 0 saturated heterocycles. The Balaban J connectivity index is 0.00000809. The van der Waals surface area contributed by atoms with Gasteiger partial charge in [-0.1, -0.05) is 300 Å². The number of aryl methyl sites for hydroxylation is 2. The fourth-order valence-corrected chi connectivity index (χ4v) is 28.1. The maximum Gasteiger partial charge on any atom is 0.268 e. The summed E-state index contributed by atoms with van der Waals surface area (Å²) in [7, 11) is -6.02. The Morgan fingerprint density at radius 2 is 0.907 bits per heavy atom. The van der Waals surface area contributed by atoms with Crippen molar-refractivity contribution in [3.05, 3.63) is 362 Å². The third kappa shape index (κ3) is 11.4. The van der Waals surface area contributed by atoms with Gasteiger partial charge in [-0.05, 0) is 165 Å². The zero-order valence-electron chi connectivity index (χ0n) is 60.7. The minimum atomic E-state index is -3.01. The van der Waals surface area contributed by atoms with E-state index >= 15 is 0 Å². The summed E-state index contributed by atoms with van der Waals surface area (Å²) in [5.41, 5.74) is 17.5. The first-order valence-corrected chi connectivity index (χ1v) is 41.7. The zero-order valence-corrected chi connectivity index (χ0v) is 65.0. The summed E-state index contributed by atoms with van der Waals surface area (Å²) in [5, 5.41) is 12.8. The Morgan fingerprint density at radius 1 is 0.430 bits per heavy atom. The first-order chi connectivity index (χ1) is 52.0. The van der Waals surface area contributed by atoms with Crippen LogP contribution < -0.4 is 55.7 Å². The second kappa shape index (κ2) is 27.4. The van der Waals surface area contributed by atoms with Crippen LogP contribution in [0.15, 0.2) is 322 Å². The Morgan fingerprint density at radius 3 is 1.46 bits per heavy atom. The fraction of sp³-hybridized carbons (Fsp3) is 0.143. The van der Waals surface area contributed by atoms with E-state index in [4.69, 9.17) is 9.72 Å². The smallest absolute Gasteiger partial charge is 0.268 e. The van der Waals surface area contributed by atoms with Gasteiger partial charge in [0.1, 0.15) is 5.82 Å². The van der Waals surface area contributed by atoms with Crippen molar-refractivity contribution >= 4 is 96.2 Å². The molecule has 0 amide bonds. The minimum absolute atomic E-state index is 0. The van der Waals surface area contributed by atoms with Crippen LogP contribution in [0, 0.1) is 18.5 Å². The van der Waals surface area contributed by atoms with E-state index in [2.05, 4.69) is 380 Å². The van der Waals surface area contributed by atoms with Gasteiger partial charge in [-0.25, -0.2) is 4.98 Å². The van der Waals surface area contributed by atoms with Crippen LogP contribution in [0.3, 0.4) is 0 Å². The summed E-state index contributed by atoms with van der Waals surface area (Å²) in [4.78, 5) is 7.96. The van der Waals surface area contributed by atoms with Crippen molar-refractivity contribution in [2.75, 3.05) is 18.0 Å². The van der Waals surface area contributed by atoms with Crippen LogP contribution in [0.1, 0.15) is 75.6 Å². The summed E-state index contributed by atoms with van der Waals surface area (Å²) in [5.74, 6) is 2.07. The van der Waals surface area contributed by atoms with E-state index in [0.29, 0.717) is 11.5 Å². The van der Waals surface area contributed by atoms with Gasteiger partial charge in [0, 0.05) is 63.1 Å². The van der Waals surface area contributed by atoms with Crippen LogP contribution in [-0.2, 0) is 44.7 Å². The van der Waals surface area contributed by atoms with Crippen molar-refractivity contribution in [2.24, 2.45) is 0 Å². The number of rotatable bonds is 15. The number of anilines is 1. The second-order valence-corrected chi connectivity index (χ2v) is 38.2. The Kier molecular flexibility index (Phi) is 17.4. The van der Waals surface area contributed by atoms with Crippen molar-refractivity contribution in [1.29, 1.82) is 0 Å². The van der Waals surface area contributed by atoms with Crippen molar-refractivity contribution < 1.29 is 30.4 Å². The molecule has 9 heteroatoms. The zero-order chi connectivity index (χ0) is 71.1. The van der Waals surface area contributed by atoms with Crippen molar-refractivity contribution in [1.82, 2.24) is 14.1 Å². The molecule has 3 aliphatic rings. The molecule has 3 aromatic heterocycles. The van der Waals surface area contributed by atoms with Crippen LogP contribution in [0.25, 0.3) is 72.3 Å². The van der Waals surface area contributed by atoms with E-state index in [1.165, 1.54) is 69.4 Å². The van der Waals surface area contributed by atoms with Crippen LogP contribution in [0.2, 0.25) is 0 Å². The van der Waals surface area contributed by atoms with Crippen molar-refractivity contribution in [3.8, 4) is 50.9 Å². The maximum atomic E-state index is 7.09. The summed E-state index contributed by atoms with van der Waals surface area (Å²) >= 11 is 0. The summed E-state index contributed by atoms with van der Waals surface area (Å²) in [6.45, 7) is 11.6. The van der Waals surface area contributed by atoms with Gasteiger partial charge >= 0.3 is 0 Å². The van der Waals surface area contributed by atoms with Gasteiger partial charge in [0.05, 0.1) is 16.7 Å². The second-order valence-electron chi connectivity index (χ2n) is 30.6. The molecule has 0 saturated carbocycles. The molecule has 0 unspecified atom stereocenters. The number of aromatic nitrogens is 4. The summed E-state index contributed by atoms with van der Waals surface area (Å²) < 4.78 is 14.1. The van der Waals surface area contributed by atoms with Crippen LogP contribution in [0.5, 0.6) is 11.5 Å². The number of fused-ring (bicyclic) bond motifs is 6. The molecule has 13 aromatic carbocycles. The predicted octanol–water partition coefficient (Wildman–Crippen LogP) is 16.7. The van der Waals surface area contributed by atoms with Gasteiger partial charge in [-0.3, -0.25) is 4.57 Å². The molecular weight excluding hydrogens is 1510 g/mol. The number of hydrogen-bond donors (Lipinski definition) is 0. The Bertz CT molecular complexity index is 5640. The molecule has 5 heterocycles. The fourth-order valence-electron chi connectivity index (χ4n) is 18.5. The molecule has 524 valence electrons. The molecule has 16 aromatic rings. The maximum absolute atomic E-state index is 7.09. The third-order valence-corrected chi connectivity index (χ3v) is 33.1. The number of ether oxygens (including phenoxy) is 1. The molecule has 0 fully saturated rings. The van der Waals surface area contributed by atoms with Crippen molar-refractivity contribution in [3.63, 3.8) is 0 Å². The van der Waals surface area contributed by atoms with Gasteiger partial charge < -0.3 is 18.8 Å². The molecule has 107 heavy (non-hydrogen) atoms. The van der Waals surface area contributed by atoms with Gasteiger partial charge in [-0.2, -0.15) is 18.2 Å². The summed E-state index contributed by atoms with van der Waals surface area (Å²) in [6.07, 6.45) is 12.7. The SMILES string of the molecule is CC1(C)CCC(C)(C)c2cc(-n3c4[c-]c(Oc5[c-]c(-n6[c-][n+](-c7c(-c8cccc([Si](c9ccccc9)(c9ccccc9)c9ccccc9)c8)cccc7-c7cccc([Si](c8ccccc8)(c8ccccc8)c8ccccc8)c7)c7c8c9c(cc76)CCCN9CCC8)ccc5)ccc4c4ccccc43)ncc21.[Pt]. The first-order valence-electron chi connectivity index (χ1n) is 37.7. The molecule has 6 nitrogen and oxygen atoms in total. The molecule has 0 N–H and O–H groups in total. The van der Waals surface area contributed by atoms with E-state index < -0.39 is 16.1 Å². The molecule has 2 aliphatic heterocycles. The molecule has 19 rings (SSSR count). The molecule has 0 atom stereocenters. The molecular formula is C98H81N5OPtSi2-2. The predicted molar refractivity (Wildman–Crippen MR) is 442 cm³/mol. The van der Waals surface area contributed by atoms with Crippen LogP contribution in [-0.4, -0.2) is 43.4 Å². The molecule has 0 spiro atoms. The van der Waals surface area contributed by atoms with Crippen LogP contribution >= 0.6 is 0 Å². The largest absolute Gasteiger partial charge is 0.510 e. The van der Waals surface area contributed by atoms with Crippen molar-refractivity contribution in [2.45, 2.75) is 77.0 Å². The van der Waals surface area contributed by atoms with E-state index in [1.54, 1.807) is 0 Å². The van der Waals surface area contributed by atoms with Gasteiger partial charge in [0.15, 0.2) is 16.1 Å². The standard InChI is InChI=1S/C98H81N5OSi2.Pt/c1-97(2)57-58-98(3,4)89-67-99-93(66-88(89)97)103-90-54-24-23-50-85(90)86-56-55-74(65-91(86)103)104-73-35-27-34-72(64-73)101-68-102(96-87-53-30-60-100-59-29-33-71(94(87)100)63-92(96)101)95-83(69-31-25-48-81(61-69)105(75-36-11-5-12-37-75,76-38-13-6-14-39-76)77-40-15-7-16-41-77)51-28-52-84(95)70-32-26-49-82(62-70)106(78-42-17-8-18-43-78,79-44-19-9-20-45-79)80-46-21-10-22-47-80;/h5-28,31-32,34-52,54-56,61-63,66-67H,29-30,33,53,57-60H2,1-4H3;/q-2;. The topological polar surface area (TPSA) is 39.1 Å².